The second-order valence-corrected chi connectivity index (χ2v) is 4.66. The highest BCUT2D eigenvalue weighted by Crippen LogP contribution is 2.34. The first kappa shape index (κ1) is 12.7. The van der Waals surface area contributed by atoms with Crippen LogP contribution in [-0.4, -0.2) is 12.1 Å². The van der Waals surface area contributed by atoms with E-state index in [9.17, 15) is 0 Å². The molecule has 0 bridgehead atoms. The van der Waals surface area contributed by atoms with Gasteiger partial charge in [0.25, 0.3) is 0 Å². The average molecular weight is 227 g/mol. The van der Waals surface area contributed by atoms with Crippen LogP contribution in [0.2, 0.25) is 0 Å². The molecular weight excluding hydrogens is 206 g/mol. The molecule has 1 rings (SSSR count). The lowest BCUT2D eigenvalue weighted by atomic mass is 9.98. The molecule has 0 aliphatic rings. The summed E-state index contributed by atoms with van der Waals surface area (Å²) in [5.74, 6) is 0. The normalized spacial score (nSPS) is 12.0. The van der Waals surface area contributed by atoms with Crippen molar-refractivity contribution in [1.82, 2.24) is 4.98 Å². The second-order valence-electron chi connectivity index (χ2n) is 3.80. The van der Waals surface area contributed by atoms with Crippen LogP contribution >= 0.6 is 11.3 Å². The summed E-state index contributed by atoms with van der Waals surface area (Å²) in [4.78, 5) is 4.68. The Hall–Kier alpha value is -0.410. The Morgan fingerprint density at radius 3 is 2.47 bits per heavy atom. The van der Waals surface area contributed by atoms with Crippen LogP contribution in [0.1, 0.15) is 50.7 Å². The van der Waals surface area contributed by atoms with Crippen LogP contribution in [0.15, 0.2) is 5.38 Å². The highest BCUT2D eigenvalue weighted by Gasteiger charge is 2.31. The van der Waals surface area contributed by atoms with E-state index in [2.05, 4.69) is 31.1 Å². The molecule has 0 unspecified atom stereocenters. The summed E-state index contributed by atoms with van der Waals surface area (Å²) in [5, 5.41) is 3.30. The molecule has 1 aromatic heterocycles. The minimum Gasteiger partial charge on any atom is -0.371 e. The van der Waals surface area contributed by atoms with Gasteiger partial charge in [-0.2, -0.15) is 0 Å². The zero-order valence-electron chi connectivity index (χ0n) is 10.2. The van der Waals surface area contributed by atoms with Gasteiger partial charge in [-0.1, -0.05) is 27.2 Å². The second kappa shape index (κ2) is 5.61. The molecule has 0 aliphatic heterocycles. The summed E-state index contributed by atoms with van der Waals surface area (Å²) in [6, 6.07) is 0. The summed E-state index contributed by atoms with van der Waals surface area (Å²) in [6.07, 6.45) is 4.20. The van der Waals surface area contributed by atoms with Gasteiger partial charge in [0, 0.05) is 12.5 Å². The molecule has 0 radical (unpaired) electrons. The summed E-state index contributed by atoms with van der Waals surface area (Å²) in [6.45, 7) is 6.50. The fourth-order valence-electron chi connectivity index (χ4n) is 1.82. The molecule has 0 fully saturated rings. The van der Waals surface area contributed by atoms with Crippen LogP contribution in [-0.2, 0) is 16.8 Å². The maximum absolute atomic E-state index is 5.66. The van der Waals surface area contributed by atoms with E-state index in [1.165, 1.54) is 5.69 Å². The van der Waals surface area contributed by atoms with E-state index in [1.807, 2.05) is 0 Å². The summed E-state index contributed by atoms with van der Waals surface area (Å²) < 4.78 is 5.66. The number of hydrogen-bond acceptors (Lipinski definition) is 3. The van der Waals surface area contributed by atoms with E-state index in [1.54, 1.807) is 18.4 Å². The van der Waals surface area contributed by atoms with E-state index in [4.69, 9.17) is 4.74 Å². The van der Waals surface area contributed by atoms with Crippen LogP contribution in [0.3, 0.4) is 0 Å². The predicted molar refractivity (Wildman–Crippen MR) is 65.4 cm³/mol. The molecule has 2 nitrogen and oxygen atoms in total. The smallest absolute Gasteiger partial charge is 0.125 e. The van der Waals surface area contributed by atoms with Crippen LogP contribution in [0.25, 0.3) is 0 Å². The first-order chi connectivity index (χ1) is 7.22. The summed E-state index contributed by atoms with van der Waals surface area (Å²) >= 11 is 1.73. The van der Waals surface area contributed by atoms with E-state index in [0.29, 0.717) is 0 Å². The number of aryl methyl sites for hydroxylation is 1. The molecule has 3 heteroatoms. The lowest BCUT2D eigenvalue weighted by Gasteiger charge is -2.27. The van der Waals surface area contributed by atoms with Crippen molar-refractivity contribution in [3.63, 3.8) is 0 Å². The molecule has 0 N–H and O–H groups in total. The van der Waals surface area contributed by atoms with Crippen molar-refractivity contribution in [2.45, 2.75) is 52.1 Å². The highest BCUT2D eigenvalue weighted by atomic mass is 32.1. The Kier molecular flexibility index (Phi) is 4.74. The molecule has 0 saturated heterocycles. The third-order valence-corrected chi connectivity index (χ3v) is 4.06. The van der Waals surface area contributed by atoms with Gasteiger partial charge in [0.05, 0.1) is 5.69 Å². The van der Waals surface area contributed by atoms with Gasteiger partial charge in [-0.3, -0.25) is 0 Å². The lowest BCUT2D eigenvalue weighted by Crippen LogP contribution is -2.26. The number of methoxy groups -OCH3 is 1. The maximum Gasteiger partial charge on any atom is 0.125 e. The standard InChI is InChI=1S/C12H21NOS/c1-5-8-10-9-15-11(13-10)12(6-2,7-3)14-4/h9H,5-8H2,1-4H3. The van der Waals surface area contributed by atoms with Crippen LogP contribution in [0.5, 0.6) is 0 Å². The predicted octanol–water partition coefficient (Wildman–Crippen LogP) is 3.76. The zero-order valence-corrected chi connectivity index (χ0v) is 11.0. The number of ether oxygens (including phenoxy) is 1. The van der Waals surface area contributed by atoms with Crippen LogP contribution in [0.4, 0.5) is 0 Å². The van der Waals surface area contributed by atoms with Crippen LogP contribution in [0, 0.1) is 0 Å². The zero-order chi connectivity index (χ0) is 11.3. The molecule has 0 amide bonds. The summed E-state index contributed by atoms with van der Waals surface area (Å²) in [7, 11) is 1.79. The molecule has 0 atom stereocenters. The summed E-state index contributed by atoms with van der Waals surface area (Å²) in [5.41, 5.74) is 1.05. The first-order valence-corrected chi connectivity index (χ1v) is 6.60. The van der Waals surface area contributed by atoms with Gasteiger partial charge in [0.1, 0.15) is 10.6 Å². The van der Waals surface area contributed by atoms with Gasteiger partial charge in [-0.05, 0) is 19.3 Å². The van der Waals surface area contributed by atoms with Crippen molar-refractivity contribution < 1.29 is 4.74 Å². The van der Waals surface area contributed by atoms with Crippen LogP contribution < -0.4 is 0 Å². The van der Waals surface area contributed by atoms with E-state index < -0.39 is 0 Å². The Labute approximate surface area is 96.7 Å². The van der Waals surface area contributed by atoms with Gasteiger partial charge in [0.15, 0.2) is 0 Å². The van der Waals surface area contributed by atoms with Crippen molar-refractivity contribution >= 4 is 11.3 Å². The molecule has 0 aliphatic carbocycles. The molecule has 0 spiro atoms. The third-order valence-electron chi connectivity index (χ3n) is 2.98. The fraction of sp³-hybridized carbons (Fsp3) is 0.750. The van der Waals surface area contributed by atoms with Crippen molar-refractivity contribution in [3.8, 4) is 0 Å². The Balaban J connectivity index is 2.91. The SMILES string of the molecule is CCCc1csc(C(CC)(CC)OC)n1. The highest BCUT2D eigenvalue weighted by molar-refractivity contribution is 7.09. The van der Waals surface area contributed by atoms with Gasteiger partial charge < -0.3 is 4.74 Å². The lowest BCUT2D eigenvalue weighted by molar-refractivity contribution is -0.0219. The minimum absolute atomic E-state index is 0.156. The number of nitrogens with zero attached hydrogens (tertiary/aromatic N) is 1. The molecule has 15 heavy (non-hydrogen) atoms. The van der Waals surface area contributed by atoms with Gasteiger partial charge >= 0.3 is 0 Å². The minimum atomic E-state index is -0.156. The quantitative estimate of drug-likeness (QED) is 0.738. The Morgan fingerprint density at radius 2 is 2.00 bits per heavy atom. The number of thiazole rings is 1. The molecule has 86 valence electrons. The largest absolute Gasteiger partial charge is 0.371 e. The molecular formula is C12H21NOS. The van der Waals surface area contributed by atoms with Crippen molar-refractivity contribution in [3.05, 3.63) is 16.1 Å². The Morgan fingerprint density at radius 1 is 1.33 bits per heavy atom. The van der Waals surface area contributed by atoms with Crippen molar-refractivity contribution in [1.29, 1.82) is 0 Å². The van der Waals surface area contributed by atoms with Gasteiger partial charge in [0.2, 0.25) is 0 Å². The molecule has 0 saturated carbocycles. The molecule has 1 heterocycles. The van der Waals surface area contributed by atoms with Gasteiger partial charge in [-0.25, -0.2) is 4.98 Å². The first-order valence-electron chi connectivity index (χ1n) is 5.72. The topological polar surface area (TPSA) is 22.1 Å². The molecule has 1 aromatic rings. The average Bonchev–Trinajstić information content (AvgIpc) is 2.71. The van der Waals surface area contributed by atoms with E-state index >= 15 is 0 Å². The monoisotopic (exact) mass is 227 g/mol. The van der Waals surface area contributed by atoms with E-state index in [-0.39, 0.29) is 5.60 Å². The number of rotatable bonds is 6. The van der Waals surface area contributed by atoms with Crippen molar-refractivity contribution in [2.75, 3.05) is 7.11 Å². The molecule has 0 aromatic carbocycles. The Bertz CT molecular complexity index is 283. The maximum atomic E-state index is 5.66. The van der Waals surface area contributed by atoms with E-state index in [0.717, 1.165) is 30.7 Å². The third kappa shape index (κ3) is 2.58. The fourth-order valence-corrected chi connectivity index (χ4v) is 2.99. The number of hydrogen-bond donors (Lipinski definition) is 0. The number of aromatic nitrogens is 1. The van der Waals surface area contributed by atoms with Crippen molar-refractivity contribution in [2.24, 2.45) is 0 Å². The van der Waals surface area contributed by atoms with Gasteiger partial charge in [-0.15, -0.1) is 11.3 Å².